The fraction of sp³-hybridized carbons (Fsp3) is 0.417. The highest BCUT2D eigenvalue weighted by Gasteiger charge is 2.08. The van der Waals surface area contributed by atoms with E-state index in [1.54, 1.807) is 5.92 Å². The Bertz CT molecular complexity index is 234. The van der Waals surface area contributed by atoms with Gasteiger partial charge in [0.05, 0.1) is 0 Å². The van der Waals surface area contributed by atoms with Crippen LogP contribution in [0.2, 0.25) is 0 Å². The molecule has 1 aromatic rings. The van der Waals surface area contributed by atoms with Crippen molar-refractivity contribution < 1.29 is 0 Å². The van der Waals surface area contributed by atoms with Crippen LogP contribution in [0.25, 0.3) is 0 Å². The molecule has 0 aliphatic rings. The Morgan fingerprint density at radius 3 is 2.17 bits per heavy atom. The van der Waals surface area contributed by atoms with E-state index in [9.17, 15) is 0 Å². The zero-order chi connectivity index (χ0) is 8.97. The van der Waals surface area contributed by atoms with Crippen LogP contribution in [0, 0.1) is 12.8 Å². The molecule has 0 heterocycles. The Morgan fingerprint density at radius 2 is 1.67 bits per heavy atom. The number of aryl methyl sites for hydroxylation is 1. The van der Waals surface area contributed by atoms with Gasteiger partial charge in [0, 0.05) is 5.92 Å². The van der Waals surface area contributed by atoms with Gasteiger partial charge in [0.1, 0.15) is 0 Å². The van der Waals surface area contributed by atoms with Crippen molar-refractivity contribution in [1.82, 2.24) is 0 Å². The second-order valence-electron chi connectivity index (χ2n) is 3.13. The lowest BCUT2D eigenvalue weighted by Gasteiger charge is -2.14. The molecule has 0 atom stereocenters. The van der Waals surface area contributed by atoms with Crippen LogP contribution in [-0.4, -0.2) is 0 Å². The first-order chi connectivity index (χ1) is 5.79. The molecule has 0 saturated carbocycles. The van der Waals surface area contributed by atoms with Crippen LogP contribution in [0.1, 0.15) is 37.8 Å². The van der Waals surface area contributed by atoms with E-state index in [2.05, 4.69) is 45.0 Å². The van der Waals surface area contributed by atoms with E-state index >= 15 is 0 Å². The molecule has 0 unspecified atom stereocenters. The van der Waals surface area contributed by atoms with Crippen molar-refractivity contribution in [2.45, 2.75) is 33.6 Å². The van der Waals surface area contributed by atoms with Crippen molar-refractivity contribution in [1.29, 1.82) is 0 Å². The van der Waals surface area contributed by atoms with Gasteiger partial charge in [-0.3, -0.25) is 0 Å². The Hall–Kier alpha value is -0.780. The Balaban J connectivity index is 2.92. The summed E-state index contributed by atoms with van der Waals surface area (Å²) in [6.07, 6.45) is 2.34. The van der Waals surface area contributed by atoms with E-state index in [-0.39, 0.29) is 0 Å². The predicted molar refractivity (Wildman–Crippen MR) is 54.1 cm³/mol. The zero-order valence-corrected chi connectivity index (χ0v) is 8.22. The third-order valence-electron chi connectivity index (χ3n) is 2.38. The maximum atomic E-state index is 2.23. The SMILES string of the molecule is CC[C](CC)c1ccccc1C. The van der Waals surface area contributed by atoms with Gasteiger partial charge in [-0.05, 0) is 30.9 Å². The lowest BCUT2D eigenvalue weighted by molar-refractivity contribution is 0.844. The van der Waals surface area contributed by atoms with E-state index in [1.807, 2.05) is 0 Å². The van der Waals surface area contributed by atoms with Gasteiger partial charge >= 0.3 is 0 Å². The summed E-state index contributed by atoms with van der Waals surface area (Å²) in [5, 5.41) is 0. The highest BCUT2D eigenvalue weighted by molar-refractivity contribution is 5.37. The van der Waals surface area contributed by atoms with E-state index in [0.29, 0.717) is 0 Å². The quantitative estimate of drug-likeness (QED) is 0.633. The molecule has 1 radical (unpaired) electrons. The summed E-state index contributed by atoms with van der Waals surface area (Å²) in [5.74, 6) is 1.56. The summed E-state index contributed by atoms with van der Waals surface area (Å²) in [7, 11) is 0. The molecule has 1 aromatic carbocycles. The molecule has 65 valence electrons. The second-order valence-corrected chi connectivity index (χ2v) is 3.13. The first kappa shape index (κ1) is 9.31. The van der Waals surface area contributed by atoms with Crippen molar-refractivity contribution >= 4 is 0 Å². The predicted octanol–water partition coefficient (Wildman–Crippen LogP) is 3.74. The van der Waals surface area contributed by atoms with Crippen molar-refractivity contribution in [3.05, 3.63) is 41.3 Å². The van der Waals surface area contributed by atoms with Crippen LogP contribution in [-0.2, 0) is 0 Å². The summed E-state index contributed by atoms with van der Waals surface area (Å²) < 4.78 is 0. The lowest BCUT2D eigenvalue weighted by Crippen LogP contribution is -1.98. The molecule has 0 nitrogen and oxygen atoms in total. The third kappa shape index (κ3) is 1.88. The fourth-order valence-corrected chi connectivity index (χ4v) is 1.60. The smallest absolute Gasteiger partial charge is 0.00471 e. The van der Waals surface area contributed by atoms with E-state index < -0.39 is 0 Å². The van der Waals surface area contributed by atoms with Gasteiger partial charge < -0.3 is 0 Å². The largest absolute Gasteiger partial charge is 0.0645 e. The van der Waals surface area contributed by atoms with Crippen LogP contribution < -0.4 is 0 Å². The average Bonchev–Trinajstić information content (AvgIpc) is 2.10. The molecule has 12 heavy (non-hydrogen) atoms. The van der Waals surface area contributed by atoms with Gasteiger partial charge in [-0.25, -0.2) is 0 Å². The van der Waals surface area contributed by atoms with E-state index in [4.69, 9.17) is 0 Å². The summed E-state index contributed by atoms with van der Waals surface area (Å²) in [4.78, 5) is 0. The van der Waals surface area contributed by atoms with Gasteiger partial charge in [0.25, 0.3) is 0 Å². The summed E-state index contributed by atoms with van der Waals surface area (Å²) in [6, 6.07) is 8.62. The summed E-state index contributed by atoms with van der Waals surface area (Å²) in [6.45, 7) is 6.64. The molecular formula is C12H17. The molecule has 0 aliphatic carbocycles. The van der Waals surface area contributed by atoms with Gasteiger partial charge in [-0.1, -0.05) is 38.1 Å². The molecule has 0 saturated heterocycles. The van der Waals surface area contributed by atoms with Crippen molar-refractivity contribution in [2.24, 2.45) is 0 Å². The van der Waals surface area contributed by atoms with Crippen LogP contribution >= 0.6 is 0 Å². The Labute approximate surface area is 75.6 Å². The lowest BCUT2D eigenvalue weighted by atomic mass is 9.91. The molecule has 0 aromatic heterocycles. The summed E-state index contributed by atoms with van der Waals surface area (Å²) >= 11 is 0. The molecule has 0 aliphatic heterocycles. The first-order valence-corrected chi connectivity index (χ1v) is 4.70. The van der Waals surface area contributed by atoms with Crippen LogP contribution in [0.4, 0.5) is 0 Å². The highest BCUT2D eigenvalue weighted by atomic mass is 14.1. The third-order valence-corrected chi connectivity index (χ3v) is 2.38. The van der Waals surface area contributed by atoms with Gasteiger partial charge in [-0.15, -0.1) is 0 Å². The minimum absolute atomic E-state index is 1.17. The van der Waals surface area contributed by atoms with Gasteiger partial charge in [0.2, 0.25) is 0 Å². The van der Waals surface area contributed by atoms with Gasteiger partial charge in [0.15, 0.2) is 0 Å². The zero-order valence-electron chi connectivity index (χ0n) is 8.22. The monoisotopic (exact) mass is 161 g/mol. The van der Waals surface area contributed by atoms with Gasteiger partial charge in [-0.2, -0.15) is 0 Å². The van der Waals surface area contributed by atoms with Crippen molar-refractivity contribution in [2.75, 3.05) is 0 Å². The van der Waals surface area contributed by atoms with Crippen LogP contribution in [0.5, 0.6) is 0 Å². The molecule has 0 spiro atoms. The highest BCUT2D eigenvalue weighted by Crippen LogP contribution is 2.24. The fourth-order valence-electron chi connectivity index (χ4n) is 1.60. The van der Waals surface area contributed by atoms with E-state index in [0.717, 1.165) is 0 Å². The molecule has 0 fully saturated rings. The van der Waals surface area contributed by atoms with Crippen LogP contribution in [0.3, 0.4) is 0 Å². The summed E-state index contributed by atoms with van der Waals surface area (Å²) in [5.41, 5.74) is 2.85. The number of rotatable bonds is 3. The van der Waals surface area contributed by atoms with Crippen molar-refractivity contribution in [3.63, 3.8) is 0 Å². The normalized spacial score (nSPS) is 10.7. The Kier molecular flexibility index (Phi) is 3.33. The van der Waals surface area contributed by atoms with E-state index in [1.165, 1.54) is 24.0 Å². The topological polar surface area (TPSA) is 0 Å². The number of hydrogen-bond donors (Lipinski definition) is 0. The maximum absolute atomic E-state index is 2.23. The first-order valence-electron chi connectivity index (χ1n) is 4.70. The van der Waals surface area contributed by atoms with Crippen molar-refractivity contribution in [3.8, 4) is 0 Å². The molecule has 0 N–H and O–H groups in total. The molecule has 0 heteroatoms. The molecule has 0 bridgehead atoms. The standard InChI is InChI=1S/C12H17/c1-4-11(5-2)12-9-7-6-8-10(12)3/h6-9H,4-5H2,1-3H3. The minimum atomic E-state index is 1.17. The minimum Gasteiger partial charge on any atom is -0.0645 e. The molecular weight excluding hydrogens is 144 g/mol. The average molecular weight is 161 g/mol. The van der Waals surface area contributed by atoms with Crippen LogP contribution in [0.15, 0.2) is 24.3 Å². The maximum Gasteiger partial charge on any atom is 0.00471 e. The second kappa shape index (κ2) is 4.30. The number of benzene rings is 1. The molecule has 0 amide bonds. The Morgan fingerprint density at radius 1 is 1.08 bits per heavy atom. The molecule has 1 rings (SSSR count). The number of hydrogen-bond acceptors (Lipinski definition) is 0.